The summed E-state index contributed by atoms with van der Waals surface area (Å²) in [5.41, 5.74) is 3.82. The Balaban J connectivity index is 1.37. The van der Waals surface area contributed by atoms with Crippen LogP contribution in [0.3, 0.4) is 0 Å². The second-order valence-corrected chi connectivity index (χ2v) is 8.49. The van der Waals surface area contributed by atoms with Crippen molar-refractivity contribution in [3.63, 3.8) is 0 Å². The van der Waals surface area contributed by atoms with Crippen molar-refractivity contribution in [1.29, 1.82) is 0 Å². The van der Waals surface area contributed by atoms with Gasteiger partial charge in [-0.05, 0) is 50.4 Å². The lowest BCUT2D eigenvalue weighted by Crippen LogP contribution is -2.44. The molecule has 2 aliphatic rings. The van der Waals surface area contributed by atoms with E-state index in [1.807, 2.05) is 42.5 Å². The van der Waals surface area contributed by atoms with Crippen molar-refractivity contribution in [2.24, 2.45) is 0 Å². The lowest BCUT2D eigenvalue weighted by atomic mass is 10.1. The van der Waals surface area contributed by atoms with E-state index in [1.165, 1.54) is 5.56 Å². The van der Waals surface area contributed by atoms with Crippen molar-refractivity contribution in [3.05, 3.63) is 65.9 Å². The maximum absolute atomic E-state index is 12.2. The van der Waals surface area contributed by atoms with Crippen LogP contribution in [-0.2, 0) is 17.8 Å². The highest BCUT2D eigenvalue weighted by Gasteiger charge is 2.29. The molecule has 1 saturated heterocycles. The zero-order valence-corrected chi connectivity index (χ0v) is 18.8. The van der Waals surface area contributed by atoms with Gasteiger partial charge in [0.15, 0.2) is 5.82 Å². The maximum atomic E-state index is 12.2. The summed E-state index contributed by atoms with van der Waals surface area (Å²) in [7, 11) is 2.10. The first-order chi connectivity index (χ1) is 16.1. The van der Waals surface area contributed by atoms with E-state index in [0.29, 0.717) is 30.5 Å². The fraction of sp³-hybridized carbons (Fsp3) is 0.320. The summed E-state index contributed by atoms with van der Waals surface area (Å²) >= 11 is 0. The summed E-state index contributed by atoms with van der Waals surface area (Å²) < 4.78 is 10.9. The van der Waals surface area contributed by atoms with E-state index in [1.54, 1.807) is 12.1 Å². The van der Waals surface area contributed by atoms with Gasteiger partial charge in [-0.2, -0.15) is 0 Å². The number of nitrogens with one attached hydrogen (secondary N) is 1. The lowest BCUT2D eigenvalue weighted by molar-refractivity contribution is 0.0984. The molecule has 0 saturated carbocycles. The number of carbonyl (C=O) groups excluding carboxylic acids is 1. The van der Waals surface area contributed by atoms with Crippen molar-refractivity contribution in [1.82, 2.24) is 14.9 Å². The van der Waals surface area contributed by atoms with Crippen LogP contribution < -0.4 is 15.0 Å². The highest BCUT2D eigenvalue weighted by Crippen LogP contribution is 2.33. The molecule has 1 aromatic heterocycles. The summed E-state index contributed by atoms with van der Waals surface area (Å²) in [6, 6.07) is 16.7. The van der Waals surface area contributed by atoms with Gasteiger partial charge in [-0.25, -0.2) is 14.8 Å². The summed E-state index contributed by atoms with van der Waals surface area (Å²) in [6.07, 6.45) is -0.533. The van der Waals surface area contributed by atoms with Gasteiger partial charge in [0.2, 0.25) is 0 Å². The Labute approximate surface area is 193 Å². The SMILES string of the molecule is C[C@H]1COCCN1c1nc(-c2ccc(NC(=O)Oc3ccccc3)cc2)nc2c1CN(C)C2. The van der Waals surface area contributed by atoms with E-state index in [9.17, 15) is 4.79 Å². The van der Waals surface area contributed by atoms with Crippen LogP contribution in [0.4, 0.5) is 16.3 Å². The maximum Gasteiger partial charge on any atom is 0.417 e. The second kappa shape index (κ2) is 9.17. The number of nitrogens with zero attached hydrogens (tertiary/aromatic N) is 4. The molecule has 0 aliphatic carbocycles. The topological polar surface area (TPSA) is 79.8 Å². The van der Waals surface area contributed by atoms with E-state index in [4.69, 9.17) is 19.4 Å². The van der Waals surface area contributed by atoms with Gasteiger partial charge in [-0.1, -0.05) is 18.2 Å². The van der Waals surface area contributed by atoms with Crippen molar-refractivity contribution in [2.45, 2.75) is 26.1 Å². The molecular weight excluding hydrogens is 418 g/mol. The number of morpholine rings is 1. The van der Waals surface area contributed by atoms with Crippen LogP contribution in [0.15, 0.2) is 54.6 Å². The molecule has 0 unspecified atom stereocenters. The van der Waals surface area contributed by atoms with E-state index in [2.05, 4.69) is 29.1 Å². The number of anilines is 2. The highest BCUT2D eigenvalue weighted by molar-refractivity contribution is 5.86. The third kappa shape index (κ3) is 4.67. The molecule has 0 spiro atoms. The van der Waals surface area contributed by atoms with E-state index in [-0.39, 0.29) is 6.04 Å². The Bertz CT molecular complexity index is 1140. The molecule has 1 N–H and O–H groups in total. The molecule has 0 radical (unpaired) electrons. The van der Waals surface area contributed by atoms with Crippen LogP contribution >= 0.6 is 0 Å². The monoisotopic (exact) mass is 445 g/mol. The third-order valence-electron chi connectivity index (χ3n) is 5.90. The number of hydrogen-bond donors (Lipinski definition) is 1. The first kappa shape index (κ1) is 21.4. The lowest BCUT2D eigenvalue weighted by Gasteiger charge is -2.35. The number of benzene rings is 2. The summed E-state index contributed by atoms with van der Waals surface area (Å²) in [6.45, 7) is 6.04. The average Bonchev–Trinajstić information content (AvgIpc) is 3.20. The van der Waals surface area contributed by atoms with Crippen LogP contribution in [0.1, 0.15) is 18.2 Å². The molecule has 2 aliphatic heterocycles. The van der Waals surface area contributed by atoms with Crippen LogP contribution in [0.25, 0.3) is 11.4 Å². The number of ether oxygens (including phenoxy) is 2. The summed E-state index contributed by atoms with van der Waals surface area (Å²) in [5, 5.41) is 2.75. The largest absolute Gasteiger partial charge is 0.417 e. The summed E-state index contributed by atoms with van der Waals surface area (Å²) in [5.74, 6) is 2.19. The van der Waals surface area contributed by atoms with Gasteiger partial charge >= 0.3 is 6.09 Å². The molecule has 3 aromatic rings. The van der Waals surface area contributed by atoms with Crippen LogP contribution in [0.5, 0.6) is 5.75 Å². The molecular formula is C25H27N5O3. The smallest absolute Gasteiger partial charge is 0.410 e. The Morgan fingerprint density at radius 1 is 1.09 bits per heavy atom. The van der Waals surface area contributed by atoms with E-state index >= 15 is 0 Å². The fourth-order valence-corrected chi connectivity index (χ4v) is 4.24. The molecule has 0 bridgehead atoms. The van der Waals surface area contributed by atoms with Gasteiger partial charge < -0.3 is 14.4 Å². The first-order valence-electron chi connectivity index (χ1n) is 11.1. The Morgan fingerprint density at radius 3 is 2.64 bits per heavy atom. The van der Waals surface area contributed by atoms with Gasteiger partial charge in [0, 0.05) is 36.4 Å². The zero-order valence-electron chi connectivity index (χ0n) is 18.8. The number of carbonyl (C=O) groups is 1. The number of fused-ring (bicyclic) bond motifs is 1. The number of para-hydroxylation sites is 1. The van der Waals surface area contributed by atoms with Gasteiger partial charge in [0.1, 0.15) is 11.6 Å². The normalized spacial score (nSPS) is 18.1. The summed E-state index contributed by atoms with van der Waals surface area (Å²) in [4.78, 5) is 26.6. The second-order valence-electron chi connectivity index (χ2n) is 8.49. The predicted molar refractivity (Wildman–Crippen MR) is 126 cm³/mol. The third-order valence-corrected chi connectivity index (χ3v) is 5.90. The number of hydrogen-bond acceptors (Lipinski definition) is 7. The van der Waals surface area contributed by atoms with Gasteiger partial charge in [0.25, 0.3) is 0 Å². The fourth-order valence-electron chi connectivity index (χ4n) is 4.24. The van der Waals surface area contributed by atoms with Crippen LogP contribution in [0, 0.1) is 0 Å². The Hall–Kier alpha value is -3.49. The number of aromatic nitrogens is 2. The Kier molecular flexibility index (Phi) is 5.93. The van der Waals surface area contributed by atoms with E-state index in [0.717, 1.165) is 36.7 Å². The minimum atomic E-state index is -0.533. The molecule has 1 fully saturated rings. The Morgan fingerprint density at radius 2 is 1.88 bits per heavy atom. The van der Waals surface area contributed by atoms with Crippen molar-refractivity contribution in [2.75, 3.05) is 37.0 Å². The molecule has 1 amide bonds. The molecule has 170 valence electrons. The molecule has 5 rings (SSSR count). The standard InChI is InChI=1S/C25H27N5O3/c1-17-16-32-13-12-30(17)24-21-14-29(2)15-22(21)27-23(28-24)18-8-10-19(11-9-18)26-25(31)33-20-6-4-3-5-7-20/h3-11,17H,12-16H2,1-2H3,(H,26,31)/t17-/m0/s1. The molecule has 3 heterocycles. The average molecular weight is 446 g/mol. The van der Waals surface area contributed by atoms with Gasteiger partial charge in [-0.3, -0.25) is 10.2 Å². The van der Waals surface area contributed by atoms with Gasteiger partial charge in [0.05, 0.1) is 24.9 Å². The van der Waals surface area contributed by atoms with Crippen molar-refractivity contribution in [3.8, 4) is 17.1 Å². The molecule has 1 atom stereocenters. The molecule has 8 nitrogen and oxygen atoms in total. The van der Waals surface area contributed by atoms with E-state index < -0.39 is 6.09 Å². The van der Waals surface area contributed by atoms with Crippen LogP contribution in [0.2, 0.25) is 0 Å². The minimum absolute atomic E-state index is 0.263. The highest BCUT2D eigenvalue weighted by atomic mass is 16.6. The predicted octanol–water partition coefficient (Wildman–Crippen LogP) is 3.93. The molecule has 2 aromatic carbocycles. The first-order valence-corrected chi connectivity index (χ1v) is 11.1. The minimum Gasteiger partial charge on any atom is -0.410 e. The van der Waals surface area contributed by atoms with Crippen LogP contribution in [-0.4, -0.2) is 53.8 Å². The zero-order chi connectivity index (χ0) is 22.8. The quantitative estimate of drug-likeness (QED) is 0.652. The van der Waals surface area contributed by atoms with Crippen molar-refractivity contribution >= 4 is 17.6 Å². The molecule has 8 heteroatoms. The number of rotatable bonds is 4. The van der Waals surface area contributed by atoms with Crippen molar-refractivity contribution < 1.29 is 14.3 Å². The molecule has 33 heavy (non-hydrogen) atoms. The van der Waals surface area contributed by atoms with Gasteiger partial charge in [-0.15, -0.1) is 0 Å². The number of amides is 1.